The van der Waals surface area contributed by atoms with Gasteiger partial charge in [-0.2, -0.15) is 0 Å². The molecule has 346 valence electrons. The van der Waals surface area contributed by atoms with E-state index in [2.05, 4.69) is 37.4 Å². The van der Waals surface area contributed by atoms with E-state index in [0.29, 0.717) is 19.3 Å². The number of hydrogen-bond acceptors (Lipinski definition) is 11. The largest absolute Gasteiger partial charge is 0.472 e. The quantitative estimate of drug-likeness (QED) is 0.0170. The Hall–Kier alpha value is -1.48. The van der Waals surface area contributed by atoms with E-state index in [9.17, 15) is 50.0 Å². The molecular weight excluding hydrogens is 777 g/mol. The highest BCUT2D eigenvalue weighted by Crippen LogP contribution is 2.47. The molecule has 8 atom stereocenters. The third kappa shape index (κ3) is 27.2. The fourth-order valence-electron chi connectivity index (χ4n) is 7.22. The summed E-state index contributed by atoms with van der Waals surface area (Å²) < 4.78 is 22.8. The first kappa shape index (κ1) is 55.5. The van der Waals surface area contributed by atoms with Crippen LogP contribution in [0.15, 0.2) is 36.5 Å². The predicted molar refractivity (Wildman–Crippen MR) is 233 cm³/mol. The molecule has 0 aliphatic heterocycles. The summed E-state index contributed by atoms with van der Waals surface area (Å²) >= 11 is 0. The van der Waals surface area contributed by atoms with Crippen LogP contribution < -0.4 is 5.32 Å². The monoisotopic (exact) mass is 862 g/mol. The van der Waals surface area contributed by atoms with Crippen molar-refractivity contribution in [2.75, 3.05) is 6.61 Å². The van der Waals surface area contributed by atoms with E-state index in [1.807, 2.05) is 6.08 Å². The van der Waals surface area contributed by atoms with E-state index in [-0.39, 0.29) is 6.42 Å². The summed E-state index contributed by atoms with van der Waals surface area (Å²) in [7, 11) is -5.15. The molecule has 0 aromatic heterocycles. The van der Waals surface area contributed by atoms with E-state index in [0.717, 1.165) is 44.9 Å². The van der Waals surface area contributed by atoms with Gasteiger partial charge >= 0.3 is 7.82 Å². The molecule has 13 nitrogen and oxygen atoms in total. The first-order chi connectivity index (χ1) is 28.3. The third-order valence-electron chi connectivity index (χ3n) is 11.0. The minimum atomic E-state index is -5.15. The van der Waals surface area contributed by atoms with Crippen LogP contribution in [0, 0.1) is 0 Å². The van der Waals surface area contributed by atoms with Gasteiger partial charge in [0.15, 0.2) is 0 Å². The van der Waals surface area contributed by atoms with E-state index < -0.39 is 75.2 Å². The number of unbranched alkanes of at least 4 members (excludes halogenated alkanes) is 20. The smallest absolute Gasteiger partial charge is 0.393 e. The lowest BCUT2D eigenvalue weighted by atomic mass is 9.85. The molecule has 1 saturated carbocycles. The number of aliphatic hydroxyl groups is 7. The Bertz CT molecular complexity index is 1160. The second-order valence-corrected chi connectivity index (χ2v) is 17.8. The van der Waals surface area contributed by atoms with Gasteiger partial charge < -0.3 is 46.0 Å². The zero-order valence-electron chi connectivity index (χ0n) is 36.4. The summed E-state index contributed by atoms with van der Waals surface area (Å²) in [6.45, 7) is 3.59. The predicted octanol–water partition coefficient (Wildman–Crippen LogP) is 7.36. The minimum absolute atomic E-state index is 0.254. The highest BCUT2D eigenvalue weighted by atomic mass is 31.2. The number of nitrogens with one attached hydrogen (secondary N) is 1. The van der Waals surface area contributed by atoms with E-state index >= 15 is 0 Å². The van der Waals surface area contributed by atoms with Gasteiger partial charge in [-0.05, 0) is 38.5 Å². The first-order valence-corrected chi connectivity index (χ1v) is 24.5. The molecule has 0 heterocycles. The van der Waals surface area contributed by atoms with Crippen molar-refractivity contribution in [3.8, 4) is 0 Å². The molecule has 1 rings (SSSR count). The Labute approximate surface area is 356 Å². The van der Waals surface area contributed by atoms with Gasteiger partial charge in [-0.25, -0.2) is 4.57 Å². The Morgan fingerprint density at radius 3 is 1.47 bits per heavy atom. The van der Waals surface area contributed by atoms with Crippen molar-refractivity contribution in [2.24, 2.45) is 0 Å². The van der Waals surface area contributed by atoms with Crippen molar-refractivity contribution in [2.45, 2.75) is 236 Å². The highest BCUT2D eigenvalue weighted by Gasteiger charge is 2.51. The number of allylic oxidation sites excluding steroid dienone is 5. The van der Waals surface area contributed by atoms with Gasteiger partial charge in [0.25, 0.3) is 0 Å². The molecule has 0 spiro atoms. The number of rotatable bonds is 37. The second kappa shape index (κ2) is 35.0. The topological polar surface area (TPSA) is 226 Å². The molecule has 0 saturated heterocycles. The van der Waals surface area contributed by atoms with E-state index in [4.69, 9.17) is 9.05 Å². The maximum absolute atomic E-state index is 13.0. The van der Waals surface area contributed by atoms with Crippen LogP contribution in [-0.4, -0.2) is 108 Å². The summed E-state index contributed by atoms with van der Waals surface area (Å²) in [6.07, 6.45) is 25.5. The van der Waals surface area contributed by atoms with Gasteiger partial charge in [-0.3, -0.25) is 13.8 Å². The molecule has 8 unspecified atom stereocenters. The van der Waals surface area contributed by atoms with Gasteiger partial charge in [-0.1, -0.05) is 172 Å². The van der Waals surface area contributed by atoms with Crippen LogP contribution in [0.25, 0.3) is 0 Å². The standard InChI is InChI=1S/C45H84NO12P/c1-3-5-7-9-11-13-15-16-17-18-19-20-21-22-23-24-26-28-30-32-36(47)34-39(49)46-37(38(48)33-31-29-27-25-14-12-10-8-6-4-2)35-57-59(55,56)58-45-43(53)41(51)40(50)42(52)44(45)54/h6,8,14,25,31,33,36-38,40-45,47-48,50-54H,3-5,7,9-13,15-24,26-30,32,34-35H2,1-2H3,(H,46,49)(H,55,56)/b8-6+,25-14+,33-31+. The van der Waals surface area contributed by atoms with Crippen molar-refractivity contribution in [1.29, 1.82) is 0 Å². The normalized spacial score (nSPS) is 23.9. The molecule has 1 amide bonds. The van der Waals surface area contributed by atoms with Crippen LogP contribution in [0.4, 0.5) is 0 Å². The SMILES string of the molecule is CC/C=C/CC/C=C/CC/C=C/C(O)C(COP(=O)(O)OC1C(O)C(O)C(O)C(O)C1O)NC(=O)CC(O)CCCCCCCCCCCCCCCCCCCCC. The Kier molecular flexibility index (Phi) is 33.0. The van der Waals surface area contributed by atoms with E-state index in [1.165, 1.54) is 102 Å². The Morgan fingerprint density at radius 2 is 1.02 bits per heavy atom. The Balaban J connectivity index is 2.48. The van der Waals surface area contributed by atoms with Crippen LogP contribution in [0.2, 0.25) is 0 Å². The molecule has 0 bridgehead atoms. The summed E-state index contributed by atoms with van der Waals surface area (Å²) in [4.78, 5) is 23.4. The summed E-state index contributed by atoms with van der Waals surface area (Å²) in [5.74, 6) is -0.608. The van der Waals surface area contributed by atoms with Crippen LogP contribution >= 0.6 is 7.82 Å². The fourth-order valence-corrected chi connectivity index (χ4v) is 8.19. The minimum Gasteiger partial charge on any atom is -0.393 e. The number of carbonyl (C=O) groups is 1. The van der Waals surface area contributed by atoms with Crippen LogP contribution in [0.5, 0.6) is 0 Å². The number of aliphatic hydroxyl groups excluding tert-OH is 7. The molecule has 59 heavy (non-hydrogen) atoms. The third-order valence-corrected chi connectivity index (χ3v) is 12.0. The van der Waals surface area contributed by atoms with E-state index in [1.54, 1.807) is 6.08 Å². The molecular formula is C45H84NO12P. The molecule has 0 radical (unpaired) electrons. The Morgan fingerprint density at radius 1 is 0.610 bits per heavy atom. The van der Waals surface area contributed by atoms with Gasteiger partial charge in [0.2, 0.25) is 5.91 Å². The number of hydrogen-bond donors (Lipinski definition) is 9. The fraction of sp³-hybridized carbons (Fsp3) is 0.844. The van der Waals surface area contributed by atoms with Crippen molar-refractivity contribution in [1.82, 2.24) is 5.32 Å². The van der Waals surface area contributed by atoms with Crippen molar-refractivity contribution >= 4 is 13.7 Å². The molecule has 0 aromatic carbocycles. The number of amides is 1. The summed E-state index contributed by atoms with van der Waals surface area (Å²) in [5.41, 5.74) is 0. The zero-order valence-corrected chi connectivity index (χ0v) is 37.3. The molecule has 1 aliphatic carbocycles. The zero-order chi connectivity index (χ0) is 43.7. The molecule has 9 N–H and O–H groups in total. The molecule has 14 heteroatoms. The van der Waals surface area contributed by atoms with Gasteiger partial charge in [-0.15, -0.1) is 0 Å². The number of phosphoric acid groups is 1. The van der Waals surface area contributed by atoms with Crippen molar-refractivity contribution < 1.29 is 59.0 Å². The van der Waals surface area contributed by atoms with Crippen LogP contribution in [0.1, 0.15) is 181 Å². The lowest BCUT2D eigenvalue weighted by Gasteiger charge is -2.41. The second-order valence-electron chi connectivity index (χ2n) is 16.4. The summed E-state index contributed by atoms with van der Waals surface area (Å²) in [6, 6.07) is -1.26. The maximum Gasteiger partial charge on any atom is 0.472 e. The molecule has 1 fully saturated rings. The van der Waals surface area contributed by atoms with Gasteiger partial charge in [0, 0.05) is 0 Å². The molecule has 0 aromatic rings. The highest BCUT2D eigenvalue weighted by molar-refractivity contribution is 7.47. The van der Waals surface area contributed by atoms with Gasteiger partial charge in [0.05, 0.1) is 31.3 Å². The van der Waals surface area contributed by atoms with Crippen molar-refractivity contribution in [3.05, 3.63) is 36.5 Å². The number of carbonyl (C=O) groups excluding carboxylic acids is 1. The lowest BCUT2D eigenvalue weighted by Crippen LogP contribution is -2.64. The summed E-state index contributed by atoms with van der Waals surface area (Å²) in [5, 5.41) is 74.2. The number of phosphoric ester groups is 1. The molecule has 1 aliphatic rings. The average molecular weight is 862 g/mol. The van der Waals surface area contributed by atoms with Gasteiger partial charge in [0.1, 0.15) is 36.6 Å². The van der Waals surface area contributed by atoms with Crippen molar-refractivity contribution in [3.63, 3.8) is 0 Å². The van der Waals surface area contributed by atoms with Crippen LogP contribution in [-0.2, 0) is 18.4 Å². The lowest BCUT2D eigenvalue weighted by molar-refractivity contribution is -0.220. The first-order valence-electron chi connectivity index (χ1n) is 23.0. The maximum atomic E-state index is 13.0. The average Bonchev–Trinajstić information content (AvgIpc) is 3.21. The van der Waals surface area contributed by atoms with Crippen LogP contribution in [0.3, 0.4) is 0 Å².